The lowest BCUT2D eigenvalue weighted by Gasteiger charge is -2.33. The monoisotopic (exact) mass is 303 g/mol. The maximum Gasteiger partial charge on any atom is 0.279 e. The normalized spacial score (nSPS) is 28.4. The molecule has 2 rings (SSSR count). The first-order chi connectivity index (χ1) is 9.47. The fraction of sp³-hybridized carbons (Fsp3) is 1.00. The van der Waals surface area contributed by atoms with Gasteiger partial charge in [0.15, 0.2) is 0 Å². The lowest BCUT2D eigenvalue weighted by atomic mass is 10.0. The lowest BCUT2D eigenvalue weighted by Crippen LogP contribution is -2.51. The van der Waals surface area contributed by atoms with Gasteiger partial charge in [-0.25, -0.2) is 0 Å². The molecular weight excluding hydrogens is 274 g/mol. The van der Waals surface area contributed by atoms with Crippen LogP contribution in [0.2, 0.25) is 0 Å². The van der Waals surface area contributed by atoms with E-state index in [1.807, 2.05) is 6.92 Å². The molecule has 0 aromatic carbocycles. The number of hydrogen-bond acceptors (Lipinski definition) is 3. The summed E-state index contributed by atoms with van der Waals surface area (Å²) in [6, 6.07) is -0.0182. The molecule has 0 spiro atoms. The van der Waals surface area contributed by atoms with Crippen LogP contribution in [0.4, 0.5) is 0 Å². The summed E-state index contributed by atoms with van der Waals surface area (Å²) < 4.78 is 29.2. The third kappa shape index (κ3) is 4.69. The quantitative estimate of drug-likeness (QED) is 0.836. The summed E-state index contributed by atoms with van der Waals surface area (Å²) in [5.74, 6) is 0.470. The molecular formula is C14H29N3O2S. The predicted molar refractivity (Wildman–Crippen MR) is 81.8 cm³/mol. The zero-order chi connectivity index (χ0) is 14.6. The van der Waals surface area contributed by atoms with E-state index in [4.69, 9.17) is 0 Å². The van der Waals surface area contributed by atoms with Crippen LogP contribution in [0.25, 0.3) is 0 Å². The average Bonchev–Trinajstić information content (AvgIpc) is 2.39. The first-order valence-electron chi connectivity index (χ1n) is 7.97. The highest BCUT2D eigenvalue weighted by atomic mass is 32.2. The molecule has 1 N–H and O–H groups in total. The number of likely N-dealkylation sites (tertiary alicyclic amines) is 1. The van der Waals surface area contributed by atoms with Crippen molar-refractivity contribution in [3.63, 3.8) is 0 Å². The van der Waals surface area contributed by atoms with Crippen molar-refractivity contribution >= 4 is 10.2 Å². The summed E-state index contributed by atoms with van der Waals surface area (Å²) in [4.78, 5) is 2.37. The smallest absolute Gasteiger partial charge is 0.279 e. The second kappa shape index (κ2) is 7.20. The second-order valence-electron chi connectivity index (χ2n) is 6.49. The lowest BCUT2D eigenvalue weighted by molar-refractivity contribution is 0.213. The van der Waals surface area contributed by atoms with Crippen molar-refractivity contribution in [2.75, 3.05) is 32.7 Å². The van der Waals surface area contributed by atoms with Gasteiger partial charge in [0.2, 0.25) is 0 Å². The van der Waals surface area contributed by atoms with Crippen molar-refractivity contribution in [1.82, 2.24) is 13.9 Å². The van der Waals surface area contributed by atoms with Gasteiger partial charge in [-0.15, -0.1) is 0 Å². The number of piperidine rings is 2. The SMILES string of the molecule is C[C@H]1CCCN(S(=O)(=O)N[C@H](C)CN2CCCCC2)C1. The topological polar surface area (TPSA) is 52.7 Å². The molecule has 0 radical (unpaired) electrons. The fourth-order valence-corrected chi connectivity index (χ4v) is 4.81. The third-order valence-corrected chi connectivity index (χ3v) is 6.00. The van der Waals surface area contributed by atoms with Crippen molar-refractivity contribution in [3.8, 4) is 0 Å². The summed E-state index contributed by atoms with van der Waals surface area (Å²) in [7, 11) is -3.31. The van der Waals surface area contributed by atoms with Crippen molar-refractivity contribution in [2.45, 2.75) is 52.0 Å². The Balaban J connectivity index is 1.83. The van der Waals surface area contributed by atoms with Crippen LogP contribution in [0, 0.1) is 5.92 Å². The van der Waals surface area contributed by atoms with E-state index in [-0.39, 0.29) is 6.04 Å². The first-order valence-corrected chi connectivity index (χ1v) is 9.41. The summed E-state index contributed by atoms with van der Waals surface area (Å²) >= 11 is 0. The molecule has 0 aromatic rings. The van der Waals surface area contributed by atoms with E-state index in [2.05, 4.69) is 16.5 Å². The van der Waals surface area contributed by atoms with Crippen LogP contribution in [0.3, 0.4) is 0 Å². The zero-order valence-electron chi connectivity index (χ0n) is 12.8. The third-order valence-electron chi connectivity index (χ3n) is 4.29. The highest BCUT2D eigenvalue weighted by molar-refractivity contribution is 7.87. The van der Waals surface area contributed by atoms with E-state index < -0.39 is 10.2 Å². The molecule has 0 aliphatic carbocycles. The molecule has 2 aliphatic heterocycles. The van der Waals surface area contributed by atoms with Gasteiger partial charge in [-0.2, -0.15) is 17.4 Å². The molecule has 2 saturated heterocycles. The van der Waals surface area contributed by atoms with Crippen LogP contribution in [0.1, 0.15) is 46.0 Å². The van der Waals surface area contributed by atoms with Gasteiger partial charge in [0.05, 0.1) is 0 Å². The Morgan fingerprint density at radius 3 is 2.50 bits per heavy atom. The van der Waals surface area contributed by atoms with Crippen molar-refractivity contribution < 1.29 is 8.42 Å². The largest absolute Gasteiger partial charge is 0.302 e. The van der Waals surface area contributed by atoms with Gasteiger partial charge in [-0.1, -0.05) is 13.3 Å². The Bertz CT molecular complexity index is 393. The van der Waals surface area contributed by atoms with Crippen LogP contribution >= 0.6 is 0 Å². The molecule has 20 heavy (non-hydrogen) atoms. The predicted octanol–water partition coefficient (Wildman–Crippen LogP) is 1.43. The Hall–Kier alpha value is -0.170. The Morgan fingerprint density at radius 1 is 1.15 bits per heavy atom. The number of hydrogen-bond donors (Lipinski definition) is 1. The van der Waals surface area contributed by atoms with E-state index in [0.29, 0.717) is 19.0 Å². The molecule has 2 aliphatic rings. The van der Waals surface area contributed by atoms with Gasteiger partial charge >= 0.3 is 0 Å². The Labute approximate surface area is 123 Å². The van der Waals surface area contributed by atoms with Gasteiger partial charge in [0.1, 0.15) is 0 Å². The summed E-state index contributed by atoms with van der Waals surface area (Å²) in [6.07, 6.45) is 5.90. The van der Waals surface area contributed by atoms with Crippen molar-refractivity contribution in [3.05, 3.63) is 0 Å². The van der Waals surface area contributed by atoms with E-state index in [0.717, 1.165) is 32.5 Å². The van der Waals surface area contributed by atoms with Gasteiger partial charge in [-0.3, -0.25) is 0 Å². The molecule has 2 atom stereocenters. The van der Waals surface area contributed by atoms with E-state index >= 15 is 0 Å². The molecule has 0 aromatic heterocycles. The van der Waals surface area contributed by atoms with E-state index in [9.17, 15) is 8.42 Å². The van der Waals surface area contributed by atoms with E-state index in [1.54, 1.807) is 4.31 Å². The summed E-state index contributed by atoms with van der Waals surface area (Å²) in [5, 5.41) is 0. The maximum absolute atomic E-state index is 12.4. The first kappa shape index (κ1) is 16.2. The van der Waals surface area contributed by atoms with Gasteiger partial charge in [-0.05, 0) is 51.6 Å². The molecule has 0 unspecified atom stereocenters. The standard InChI is InChI=1S/C14H29N3O2S/c1-13-7-6-10-17(11-13)20(18,19)15-14(2)12-16-8-4-3-5-9-16/h13-15H,3-12H2,1-2H3/t13-,14+/m0/s1. The van der Waals surface area contributed by atoms with Gasteiger partial charge < -0.3 is 4.90 Å². The Morgan fingerprint density at radius 2 is 1.85 bits per heavy atom. The van der Waals surface area contributed by atoms with Crippen molar-refractivity contribution in [1.29, 1.82) is 0 Å². The molecule has 2 fully saturated rings. The summed E-state index contributed by atoms with van der Waals surface area (Å²) in [6.45, 7) is 8.45. The fourth-order valence-electron chi connectivity index (χ4n) is 3.26. The maximum atomic E-state index is 12.4. The highest BCUT2D eigenvalue weighted by Crippen LogP contribution is 2.18. The average molecular weight is 303 g/mol. The van der Waals surface area contributed by atoms with Gasteiger partial charge in [0.25, 0.3) is 10.2 Å². The minimum atomic E-state index is -3.31. The highest BCUT2D eigenvalue weighted by Gasteiger charge is 2.28. The minimum Gasteiger partial charge on any atom is -0.302 e. The molecule has 118 valence electrons. The minimum absolute atomic E-state index is 0.0182. The van der Waals surface area contributed by atoms with Crippen LogP contribution in [0.5, 0.6) is 0 Å². The Kier molecular flexibility index (Phi) is 5.84. The van der Waals surface area contributed by atoms with Gasteiger partial charge in [0, 0.05) is 25.7 Å². The van der Waals surface area contributed by atoms with Crippen LogP contribution in [0.15, 0.2) is 0 Å². The van der Waals surface area contributed by atoms with Crippen LogP contribution in [-0.4, -0.2) is 56.4 Å². The molecule has 2 heterocycles. The molecule has 5 nitrogen and oxygen atoms in total. The number of rotatable bonds is 5. The molecule has 6 heteroatoms. The molecule has 0 bridgehead atoms. The molecule has 0 saturated carbocycles. The second-order valence-corrected chi connectivity index (χ2v) is 8.19. The number of nitrogens with one attached hydrogen (secondary N) is 1. The van der Waals surface area contributed by atoms with Crippen molar-refractivity contribution in [2.24, 2.45) is 5.92 Å². The van der Waals surface area contributed by atoms with Crippen LogP contribution in [-0.2, 0) is 10.2 Å². The zero-order valence-corrected chi connectivity index (χ0v) is 13.7. The van der Waals surface area contributed by atoms with E-state index in [1.165, 1.54) is 19.3 Å². The number of nitrogens with zero attached hydrogens (tertiary/aromatic N) is 2. The molecule has 0 amide bonds. The summed E-state index contributed by atoms with van der Waals surface area (Å²) in [5.41, 5.74) is 0. The van der Waals surface area contributed by atoms with Crippen LogP contribution < -0.4 is 4.72 Å².